The van der Waals surface area contributed by atoms with Crippen molar-refractivity contribution in [1.29, 1.82) is 0 Å². The number of anilines is 1. The summed E-state index contributed by atoms with van der Waals surface area (Å²) in [5.74, 6) is -0.890. The van der Waals surface area contributed by atoms with E-state index in [9.17, 15) is 19.3 Å². The normalized spacial score (nSPS) is 10.1. The molecule has 0 fully saturated rings. The molecule has 1 heterocycles. The van der Waals surface area contributed by atoms with Crippen LogP contribution in [0.4, 0.5) is 11.5 Å². The van der Waals surface area contributed by atoms with Crippen LogP contribution in [0.25, 0.3) is 0 Å². The lowest BCUT2D eigenvalue weighted by molar-refractivity contribution is -0.143. The molecular formula is C9H12N4O5. The molecular weight excluding hydrogens is 244 g/mol. The first kappa shape index (κ1) is 13.6. The zero-order chi connectivity index (χ0) is 13.7. The van der Waals surface area contributed by atoms with E-state index in [-0.39, 0.29) is 25.4 Å². The number of nitrogen functional groups attached to an aromatic ring is 1. The fraction of sp³-hybridized carbons (Fsp3) is 0.444. The van der Waals surface area contributed by atoms with Gasteiger partial charge in [-0.1, -0.05) is 0 Å². The Morgan fingerprint density at radius 2 is 2.17 bits per heavy atom. The highest BCUT2D eigenvalue weighted by atomic mass is 16.5. The van der Waals surface area contributed by atoms with E-state index in [0.717, 1.165) is 4.57 Å². The number of rotatable bonds is 5. The minimum Gasteiger partial charge on any atom is -0.466 e. The molecule has 0 saturated heterocycles. The highest BCUT2D eigenvalue weighted by molar-refractivity contribution is 5.69. The second kappa shape index (κ2) is 5.75. The lowest BCUT2D eigenvalue weighted by atomic mass is 10.4. The van der Waals surface area contributed by atoms with Crippen LogP contribution in [0.1, 0.15) is 13.3 Å². The standard InChI is InChI=1S/C9H12N4O5/c1-2-18-5(14)3-4-13-7(10)6(12-17)8(15)11-9(13)16/h2-4,10H2,1H3,(H,11,15,16). The van der Waals surface area contributed by atoms with Crippen molar-refractivity contribution >= 4 is 17.5 Å². The Bertz CT molecular complexity index is 573. The van der Waals surface area contributed by atoms with Crippen molar-refractivity contribution in [1.82, 2.24) is 9.55 Å². The molecule has 0 radical (unpaired) electrons. The lowest BCUT2D eigenvalue weighted by Gasteiger charge is -2.08. The summed E-state index contributed by atoms with van der Waals surface area (Å²) in [6, 6.07) is 0. The summed E-state index contributed by atoms with van der Waals surface area (Å²) in [6.07, 6.45) is -0.109. The first-order chi connectivity index (χ1) is 8.51. The molecule has 0 aliphatic carbocycles. The van der Waals surface area contributed by atoms with Gasteiger partial charge in [0.25, 0.3) is 5.56 Å². The summed E-state index contributed by atoms with van der Waals surface area (Å²) in [6.45, 7) is 1.76. The number of nitrogens with zero attached hydrogens (tertiary/aromatic N) is 2. The largest absolute Gasteiger partial charge is 0.466 e. The van der Waals surface area contributed by atoms with Gasteiger partial charge in [-0.05, 0) is 12.1 Å². The number of hydrogen-bond acceptors (Lipinski definition) is 7. The third-order valence-corrected chi connectivity index (χ3v) is 2.15. The van der Waals surface area contributed by atoms with Crippen molar-refractivity contribution in [2.24, 2.45) is 5.18 Å². The average Bonchev–Trinajstić information content (AvgIpc) is 2.29. The average molecular weight is 256 g/mol. The number of nitroso groups, excluding NO2 is 1. The molecule has 0 amide bonds. The van der Waals surface area contributed by atoms with Crippen LogP contribution < -0.4 is 17.0 Å². The molecule has 98 valence electrons. The quantitative estimate of drug-likeness (QED) is 0.536. The third kappa shape index (κ3) is 2.81. The van der Waals surface area contributed by atoms with Crippen LogP contribution >= 0.6 is 0 Å². The summed E-state index contributed by atoms with van der Waals surface area (Å²) in [5, 5.41) is 2.44. The van der Waals surface area contributed by atoms with Gasteiger partial charge in [-0.25, -0.2) is 4.79 Å². The van der Waals surface area contributed by atoms with Gasteiger partial charge in [-0.2, -0.15) is 0 Å². The van der Waals surface area contributed by atoms with Crippen LogP contribution in [-0.2, 0) is 16.1 Å². The van der Waals surface area contributed by atoms with Gasteiger partial charge in [0, 0.05) is 6.54 Å². The van der Waals surface area contributed by atoms with E-state index in [1.807, 2.05) is 4.98 Å². The molecule has 0 bridgehead atoms. The van der Waals surface area contributed by atoms with Crippen molar-refractivity contribution in [2.45, 2.75) is 19.9 Å². The molecule has 9 heteroatoms. The highest BCUT2D eigenvalue weighted by Crippen LogP contribution is 2.13. The van der Waals surface area contributed by atoms with Gasteiger partial charge in [0.1, 0.15) is 5.82 Å². The van der Waals surface area contributed by atoms with Gasteiger partial charge in [0.05, 0.1) is 13.0 Å². The monoisotopic (exact) mass is 256 g/mol. The maximum Gasteiger partial charge on any atom is 0.330 e. The molecule has 18 heavy (non-hydrogen) atoms. The first-order valence-electron chi connectivity index (χ1n) is 5.12. The van der Waals surface area contributed by atoms with E-state index in [0.29, 0.717) is 0 Å². The number of carbonyl (C=O) groups excluding carboxylic acids is 1. The minimum atomic E-state index is -0.958. The minimum absolute atomic E-state index is 0.108. The fourth-order valence-corrected chi connectivity index (χ4v) is 1.32. The van der Waals surface area contributed by atoms with Crippen molar-refractivity contribution in [3.05, 3.63) is 25.7 Å². The first-order valence-corrected chi connectivity index (χ1v) is 5.12. The lowest BCUT2D eigenvalue weighted by Crippen LogP contribution is -2.32. The van der Waals surface area contributed by atoms with Gasteiger partial charge in [-0.3, -0.25) is 19.1 Å². The fourth-order valence-electron chi connectivity index (χ4n) is 1.32. The molecule has 9 nitrogen and oxygen atoms in total. The predicted octanol–water partition coefficient (Wildman–Crippen LogP) is -0.530. The highest BCUT2D eigenvalue weighted by Gasteiger charge is 2.13. The Morgan fingerprint density at radius 3 is 2.72 bits per heavy atom. The zero-order valence-electron chi connectivity index (χ0n) is 9.63. The number of aromatic nitrogens is 2. The molecule has 1 rings (SSSR count). The van der Waals surface area contributed by atoms with Crippen molar-refractivity contribution < 1.29 is 9.53 Å². The SMILES string of the molecule is CCOC(=O)CCn1c(N)c(N=O)c(=O)[nH]c1=O. The number of hydrogen-bond donors (Lipinski definition) is 2. The summed E-state index contributed by atoms with van der Waals surface area (Å²) in [4.78, 5) is 46.0. The predicted molar refractivity (Wildman–Crippen MR) is 62.4 cm³/mol. The number of nitrogens with one attached hydrogen (secondary N) is 1. The summed E-state index contributed by atoms with van der Waals surface area (Å²) >= 11 is 0. The van der Waals surface area contributed by atoms with Crippen LogP contribution in [-0.4, -0.2) is 22.1 Å². The smallest absolute Gasteiger partial charge is 0.330 e. The van der Waals surface area contributed by atoms with E-state index in [1.54, 1.807) is 6.92 Å². The number of esters is 1. The Kier molecular flexibility index (Phi) is 4.35. The molecule has 0 atom stereocenters. The Balaban J connectivity index is 3.03. The summed E-state index contributed by atoms with van der Waals surface area (Å²) in [5.41, 5.74) is 3.10. The van der Waals surface area contributed by atoms with Gasteiger partial charge in [0.15, 0.2) is 0 Å². The topological polar surface area (TPSA) is 137 Å². The second-order valence-corrected chi connectivity index (χ2v) is 3.29. The second-order valence-electron chi connectivity index (χ2n) is 3.29. The Hall–Kier alpha value is -2.45. The van der Waals surface area contributed by atoms with Crippen molar-refractivity contribution in [3.63, 3.8) is 0 Å². The molecule has 3 N–H and O–H groups in total. The van der Waals surface area contributed by atoms with E-state index in [2.05, 4.69) is 9.91 Å². The van der Waals surface area contributed by atoms with Crippen molar-refractivity contribution in [3.8, 4) is 0 Å². The number of carbonyl (C=O) groups is 1. The van der Waals surface area contributed by atoms with Gasteiger partial charge in [-0.15, -0.1) is 4.91 Å². The zero-order valence-corrected chi connectivity index (χ0v) is 9.63. The van der Waals surface area contributed by atoms with Crippen LogP contribution in [0.3, 0.4) is 0 Å². The Morgan fingerprint density at radius 1 is 1.50 bits per heavy atom. The molecule has 0 aliphatic rings. The van der Waals surface area contributed by atoms with Crippen LogP contribution in [0.15, 0.2) is 14.8 Å². The van der Waals surface area contributed by atoms with Crippen molar-refractivity contribution in [2.75, 3.05) is 12.3 Å². The maximum absolute atomic E-state index is 11.4. The van der Waals surface area contributed by atoms with Gasteiger partial charge < -0.3 is 10.5 Å². The molecule has 0 unspecified atom stereocenters. The van der Waals surface area contributed by atoms with Gasteiger partial charge in [0.2, 0.25) is 5.69 Å². The van der Waals surface area contributed by atoms with E-state index in [1.165, 1.54) is 0 Å². The number of ether oxygens (including phenoxy) is 1. The Labute approximate surface area is 101 Å². The van der Waals surface area contributed by atoms with Gasteiger partial charge >= 0.3 is 11.7 Å². The molecule has 1 aromatic heterocycles. The molecule has 0 aromatic carbocycles. The molecule has 1 aromatic rings. The third-order valence-electron chi connectivity index (χ3n) is 2.15. The number of aromatic amines is 1. The number of nitrogens with two attached hydrogens (primary N) is 1. The van der Waals surface area contributed by atoms with Crippen LogP contribution in [0, 0.1) is 4.91 Å². The number of H-pyrrole nitrogens is 1. The maximum atomic E-state index is 11.4. The molecule has 0 aliphatic heterocycles. The molecule has 0 spiro atoms. The van der Waals surface area contributed by atoms with E-state index in [4.69, 9.17) is 5.73 Å². The molecule has 0 saturated carbocycles. The summed E-state index contributed by atoms with van der Waals surface area (Å²) in [7, 11) is 0. The van der Waals surface area contributed by atoms with E-state index >= 15 is 0 Å². The van der Waals surface area contributed by atoms with Crippen LogP contribution in [0.5, 0.6) is 0 Å². The van der Waals surface area contributed by atoms with Crippen LogP contribution in [0.2, 0.25) is 0 Å². The van der Waals surface area contributed by atoms with E-state index < -0.39 is 22.9 Å². The summed E-state index contributed by atoms with van der Waals surface area (Å²) < 4.78 is 5.56.